The van der Waals surface area contributed by atoms with Crippen LogP contribution in [-0.2, 0) is 11.2 Å². The summed E-state index contributed by atoms with van der Waals surface area (Å²) in [5, 5.41) is 0. The Morgan fingerprint density at radius 3 is 2.47 bits per heavy atom. The molecule has 1 amide bonds. The van der Waals surface area contributed by atoms with Crippen LogP contribution in [0.25, 0.3) is 0 Å². The third-order valence-corrected chi connectivity index (χ3v) is 3.94. The number of methoxy groups -OCH3 is 1. The summed E-state index contributed by atoms with van der Waals surface area (Å²) in [6, 6.07) is 8.89. The van der Waals surface area contributed by atoms with Crippen molar-refractivity contribution in [3.05, 3.63) is 35.4 Å². The first-order chi connectivity index (χ1) is 9.20. The number of hydrogen-bond acceptors (Lipinski definition) is 2. The zero-order valence-electron chi connectivity index (χ0n) is 11.9. The number of nitrogens with zero attached hydrogens (tertiary/aromatic N) is 1. The van der Waals surface area contributed by atoms with Gasteiger partial charge < -0.3 is 9.64 Å². The lowest BCUT2D eigenvalue weighted by Crippen LogP contribution is -2.40. The van der Waals surface area contributed by atoms with Crippen LogP contribution in [0.2, 0.25) is 0 Å². The second-order valence-corrected chi connectivity index (χ2v) is 5.34. The van der Waals surface area contributed by atoms with Gasteiger partial charge in [-0.25, -0.2) is 4.79 Å². The van der Waals surface area contributed by atoms with Crippen LogP contribution in [-0.4, -0.2) is 30.7 Å². The Morgan fingerprint density at radius 1 is 1.26 bits per heavy atom. The van der Waals surface area contributed by atoms with Crippen LogP contribution < -0.4 is 0 Å². The number of aryl methyl sites for hydroxylation is 1. The van der Waals surface area contributed by atoms with Gasteiger partial charge in [-0.2, -0.15) is 0 Å². The fourth-order valence-corrected chi connectivity index (χ4v) is 2.76. The molecule has 3 heteroatoms. The third kappa shape index (κ3) is 3.72. The molecule has 0 bridgehead atoms. The largest absolute Gasteiger partial charge is 0.453 e. The van der Waals surface area contributed by atoms with E-state index < -0.39 is 0 Å². The first-order valence-electron chi connectivity index (χ1n) is 7.11. The molecule has 0 saturated heterocycles. The fraction of sp³-hybridized carbons (Fsp3) is 0.562. The fourth-order valence-electron chi connectivity index (χ4n) is 2.76. The van der Waals surface area contributed by atoms with E-state index in [1.54, 1.807) is 0 Å². The summed E-state index contributed by atoms with van der Waals surface area (Å²) in [7, 11) is 1.47. The molecule has 1 fully saturated rings. The summed E-state index contributed by atoms with van der Waals surface area (Å²) in [6.07, 6.45) is 5.39. The molecule has 1 saturated carbocycles. The van der Waals surface area contributed by atoms with Crippen molar-refractivity contribution in [1.82, 2.24) is 4.90 Å². The van der Waals surface area contributed by atoms with E-state index >= 15 is 0 Å². The highest BCUT2D eigenvalue weighted by Gasteiger charge is 2.26. The van der Waals surface area contributed by atoms with Crippen LogP contribution >= 0.6 is 0 Å². The summed E-state index contributed by atoms with van der Waals surface area (Å²) in [5.41, 5.74) is 2.54. The highest BCUT2D eigenvalue weighted by Crippen LogP contribution is 2.24. The van der Waals surface area contributed by atoms with Gasteiger partial charge in [0.05, 0.1) is 7.11 Å². The van der Waals surface area contributed by atoms with E-state index in [2.05, 4.69) is 31.2 Å². The molecule has 0 aliphatic heterocycles. The zero-order valence-corrected chi connectivity index (χ0v) is 11.9. The van der Waals surface area contributed by atoms with Gasteiger partial charge in [-0.1, -0.05) is 42.7 Å². The van der Waals surface area contributed by atoms with Gasteiger partial charge in [0.2, 0.25) is 0 Å². The van der Waals surface area contributed by atoms with Crippen LogP contribution in [0, 0.1) is 6.92 Å². The van der Waals surface area contributed by atoms with Crippen molar-refractivity contribution < 1.29 is 9.53 Å². The lowest BCUT2D eigenvalue weighted by atomic mass is 10.1. The van der Waals surface area contributed by atoms with Gasteiger partial charge in [0.25, 0.3) is 0 Å². The number of ether oxygens (including phenoxy) is 1. The first kappa shape index (κ1) is 13.9. The minimum atomic E-state index is -0.181. The minimum absolute atomic E-state index is 0.181. The lowest BCUT2D eigenvalue weighted by Gasteiger charge is -2.27. The van der Waals surface area contributed by atoms with Crippen molar-refractivity contribution >= 4 is 6.09 Å². The predicted molar refractivity (Wildman–Crippen MR) is 76.3 cm³/mol. The number of hydrogen-bond donors (Lipinski definition) is 0. The smallest absolute Gasteiger partial charge is 0.409 e. The molecule has 1 aliphatic carbocycles. The maximum absolute atomic E-state index is 11.9. The summed E-state index contributed by atoms with van der Waals surface area (Å²) < 4.78 is 4.92. The number of carbonyl (C=O) groups excluding carboxylic acids is 1. The van der Waals surface area contributed by atoms with E-state index in [-0.39, 0.29) is 6.09 Å². The molecule has 0 radical (unpaired) electrons. The second kappa shape index (κ2) is 6.60. The second-order valence-electron chi connectivity index (χ2n) is 5.34. The molecule has 0 atom stereocenters. The topological polar surface area (TPSA) is 29.5 Å². The number of carbonyl (C=O) groups is 1. The summed E-state index contributed by atoms with van der Waals surface area (Å²) in [5.74, 6) is 0. The Labute approximate surface area is 115 Å². The standard InChI is InChI=1S/C16H23NO2/c1-13-7-9-14(10-8-13)11-12-17(16(18)19-2)15-5-3-4-6-15/h7-10,15H,3-6,11-12H2,1-2H3. The van der Waals surface area contributed by atoms with Crippen molar-refractivity contribution in [1.29, 1.82) is 0 Å². The normalized spacial score (nSPS) is 15.5. The van der Waals surface area contributed by atoms with Crippen molar-refractivity contribution in [2.24, 2.45) is 0 Å². The molecule has 104 valence electrons. The molecule has 1 aromatic rings. The Morgan fingerprint density at radius 2 is 1.89 bits per heavy atom. The number of benzene rings is 1. The summed E-state index contributed by atoms with van der Waals surface area (Å²) in [4.78, 5) is 13.8. The van der Waals surface area contributed by atoms with Crippen molar-refractivity contribution in [3.8, 4) is 0 Å². The Balaban J connectivity index is 1.95. The molecule has 0 N–H and O–H groups in total. The molecular weight excluding hydrogens is 238 g/mol. The molecule has 1 aliphatic rings. The van der Waals surface area contributed by atoms with Crippen LogP contribution in [0.3, 0.4) is 0 Å². The van der Waals surface area contributed by atoms with Crippen molar-refractivity contribution in [3.63, 3.8) is 0 Å². The summed E-state index contributed by atoms with van der Waals surface area (Å²) >= 11 is 0. The average Bonchev–Trinajstić information content (AvgIpc) is 2.94. The Kier molecular flexibility index (Phi) is 4.83. The molecule has 0 heterocycles. The maximum atomic E-state index is 11.9. The minimum Gasteiger partial charge on any atom is -0.453 e. The Bertz CT molecular complexity index is 407. The molecule has 2 rings (SSSR count). The third-order valence-electron chi connectivity index (χ3n) is 3.94. The highest BCUT2D eigenvalue weighted by atomic mass is 16.5. The van der Waals surface area contributed by atoms with Gasteiger partial charge >= 0.3 is 6.09 Å². The van der Waals surface area contributed by atoms with E-state index in [4.69, 9.17) is 4.74 Å². The molecule has 3 nitrogen and oxygen atoms in total. The molecule has 19 heavy (non-hydrogen) atoms. The SMILES string of the molecule is COC(=O)N(CCc1ccc(C)cc1)C1CCCC1. The predicted octanol–water partition coefficient (Wildman–Crippen LogP) is 3.55. The Hall–Kier alpha value is -1.51. The highest BCUT2D eigenvalue weighted by molar-refractivity contribution is 5.67. The van der Waals surface area contributed by atoms with Crippen LogP contribution in [0.5, 0.6) is 0 Å². The van der Waals surface area contributed by atoms with Gasteiger partial charge in [0, 0.05) is 12.6 Å². The van der Waals surface area contributed by atoms with E-state index in [0.717, 1.165) is 25.8 Å². The van der Waals surface area contributed by atoms with Crippen LogP contribution in [0.15, 0.2) is 24.3 Å². The number of amides is 1. The average molecular weight is 261 g/mol. The number of rotatable bonds is 4. The molecule has 1 aromatic carbocycles. The molecule has 0 unspecified atom stereocenters. The maximum Gasteiger partial charge on any atom is 0.409 e. The molecular formula is C16H23NO2. The molecule has 0 spiro atoms. The lowest BCUT2D eigenvalue weighted by molar-refractivity contribution is 0.106. The zero-order chi connectivity index (χ0) is 13.7. The van der Waals surface area contributed by atoms with Crippen molar-refractivity contribution in [2.75, 3.05) is 13.7 Å². The molecule has 0 aromatic heterocycles. The monoisotopic (exact) mass is 261 g/mol. The van der Waals surface area contributed by atoms with Crippen LogP contribution in [0.4, 0.5) is 4.79 Å². The van der Waals surface area contributed by atoms with Gasteiger partial charge in [-0.3, -0.25) is 0 Å². The van der Waals surface area contributed by atoms with E-state index in [1.165, 1.54) is 31.1 Å². The summed E-state index contributed by atoms with van der Waals surface area (Å²) in [6.45, 7) is 2.84. The van der Waals surface area contributed by atoms with E-state index in [9.17, 15) is 4.79 Å². The van der Waals surface area contributed by atoms with Crippen LogP contribution in [0.1, 0.15) is 36.8 Å². The van der Waals surface area contributed by atoms with Gasteiger partial charge in [-0.15, -0.1) is 0 Å². The van der Waals surface area contributed by atoms with E-state index in [0.29, 0.717) is 6.04 Å². The quantitative estimate of drug-likeness (QED) is 0.829. The van der Waals surface area contributed by atoms with Crippen molar-refractivity contribution in [2.45, 2.75) is 45.1 Å². The van der Waals surface area contributed by atoms with E-state index in [1.807, 2.05) is 4.90 Å². The van der Waals surface area contributed by atoms with Gasteiger partial charge in [-0.05, 0) is 31.7 Å². The van der Waals surface area contributed by atoms with Gasteiger partial charge in [0.1, 0.15) is 0 Å². The first-order valence-corrected chi connectivity index (χ1v) is 7.11. The van der Waals surface area contributed by atoms with Gasteiger partial charge in [0.15, 0.2) is 0 Å².